The Hall–Kier alpha value is -1.70. The number of hydrogen-bond acceptors (Lipinski definition) is 7. The van der Waals surface area contributed by atoms with Crippen molar-refractivity contribution in [2.24, 2.45) is 0 Å². The van der Waals surface area contributed by atoms with Gasteiger partial charge in [0, 0.05) is 0 Å². The third-order valence-corrected chi connectivity index (χ3v) is 4.32. The monoisotopic (exact) mass is 460 g/mol. The fourth-order valence-corrected chi connectivity index (χ4v) is 2.91. The maximum absolute atomic E-state index is 13.7. The van der Waals surface area contributed by atoms with E-state index in [9.17, 15) is 40.1 Å². The summed E-state index contributed by atoms with van der Waals surface area (Å²) in [5, 5.41) is 0. The fraction of sp³-hybridized carbons (Fsp3) is 0.692. The summed E-state index contributed by atoms with van der Waals surface area (Å²) in [5.41, 5.74) is -0.955. The molecular formula is C13H16F7N2O6P. The van der Waals surface area contributed by atoms with E-state index in [-0.39, 0.29) is 6.61 Å². The van der Waals surface area contributed by atoms with Crippen molar-refractivity contribution >= 4 is 7.60 Å². The molecule has 16 heteroatoms. The van der Waals surface area contributed by atoms with Crippen LogP contribution in [-0.2, 0) is 24.9 Å². The molecule has 0 aliphatic carbocycles. The van der Waals surface area contributed by atoms with Crippen LogP contribution >= 0.6 is 7.60 Å². The number of halogens is 7. The van der Waals surface area contributed by atoms with Gasteiger partial charge in [-0.25, -0.2) is 4.79 Å². The van der Waals surface area contributed by atoms with Gasteiger partial charge >= 0.3 is 25.6 Å². The van der Waals surface area contributed by atoms with Crippen molar-refractivity contribution in [1.82, 2.24) is 9.55 Å². The maximum atomic E-state index is 13.7. The van der Waals surface area contributed by atoms with Crippen LogP contribution in [0.4, 0.5) is 30.7 Å². The number of rotatable bonds is 11. The summed E-state index contributed by atoms with van der Waals surface area (Å²) in [6, 6.07) is 0. The van der Waals surface area contributed by atoms with Gasteiger partial charge in [-0.2, -0.15) is 35.7 Å². The largest absolute Gasteiger partial charge is 0.476 e. The van der Waals surface area contributed by atoms with Gasteiger partial charge in [-0.1, -0.05) is 0 Å². The molecule has 0 fully saturated rings. The molecule has 1 aromatic heterocycles. The smallest absolute Gasteiger partial charge is 0.412 e. The van der Waals surface area contributed by atoms with Gasteiger partial charge in [0.15, 0.2) is 13.2 Å². The van der Waals surface area contributed by atoms with E-state index in [4.69, 9.17) is 9.47 Å². The summed E-state index contributed by atoms with van der Waals surface area (Å²) >= 11 is 0. The summed E-state index contributed by atoms with van der Waals surface area (Å²) in [6.45, 7) is -3.64. The Kier molecular flexibility index (Phi) is 9.06. The van der Waals surface area contributed by atoms with Crippen LogP contribution in [-0.4, -0.2) is 54.7 Å². The number of aromatic nitrogens is 2. The lowest BCUT2D eigenvalue weighted by Gasteiger charge is -2.20. The average Bonchev–Trinajstić information content (AvgIpc) is 2.58. The topological polar surface area (TPSA) is 88.9 Å². The second-order valence-corrected chi connectivity index (χ2v) is 7.22. The molecule has 0 aromatic carbocycles. The minimum Gasteiger partial charge on any atom is -0.476 e. The highest BCUT2D eigenvalue weighted by Crippen LogP contribution is 2.50. The highest BCUT2D eigenvalue weighted by atomic mass is 31.2. The molecule has 0 amide bonds. The first kappa shape index (κ1) is 25.3. The van der Waals surface area contributed by atoms with Crippen LogP contribution in [0, 0.1) is 5.82 Å². The molecule has 1 aromatic rings. The minimum atomic E-state index is -4.98. The first-order chi connectivity index (χ1) is 13.2. The molecule has 0 radical (unpaired) electrons. The van der Waals surface area contributed by atoms with Gasteiger partial charge in [-0.15, -0.1) is 0 Å². The Morgan fingerprint density at radius 3 is 2.14 bits per heavy atom. The van der Waals surface area contributed by atoms with Gasteiger partial charge < -0.3 is 9.47 Å². The second-order valence-electron chi connectivity index (χ2n) is 5.23. The van der Waals surface area contributed by atoms with Crippen LogP contribution in [0.25, 0.3) is 0 Å². The summed E-state index contributed by atoms with van der Waals surface area (Å²) in [5.74, 6) is -1.53. The Morgan fingerprint density at radius 2 is 1.66 bits per heavy atom. The quantitative estimate of drug-likeness (QED) is 0.285. The van der Waals surface area contributed by atoms with Crippen molar-refractivity contribution in [3.63, 3.8) is 0 Å². The number of hydrogen-bond donors (Lipinski definition) is 0. The molecule has 0 unspecified atom stereocenters. The van der Waals surface area contributed by atoms with Gasteiger partial charge in [0.1, 0.15) is 6.35 Å². The van der Waals surface area contributed by atoms with E-state index in [1.165, 1.54) is 6.92 Å². The normalized spacial score (nSPS) is 13.0. The van der Waals surface area contributed by atoms with Gasteiger partial charge in [0.25, 0.3) is 5.88 Å². The maximum Gasteiger partial charge on any atom is 0.412 e. The zero-order valence-corrected chi connectivity index (χ0v) is 15.7. The van der Waals surface area contributed by atoms with Crippen LogP contribution in [0.1, 0.15) is 6.92 Å². The lowest BCUT2D eigenvalue weighted by atomic mass is 10.5. The molecule has 0 saturated carbocycles. The highest BCUT2D eigenvalue weighted by molar-refractivity contribution is 7.53. The fourth-order valence-electron chi connectivity index (χ4n) is 1.64. The minimum absolute atomic E-state index is 0.0433. The van der Waals surface area contributed by atoms with Crippen molar-refractivity contribution in [1.29, 1.82) is 0 Å². The van der Waals surface area contributed by atoms with Gasteiger partial charge in [-0.05, 0) is 6.92 Å². The van der Waals surface area contributed by atoms with E-state index in [1.54, 1.807) is 0 Å². The molecule has 1 heterocycles. The zero-order chi connectivity index (χ0) is 22.3. The highest BCUT2D eigenvalue weighted by Gasteiger charge is 2.38. The van der Waals surface area contributed by atoms with E-state index in [1.807, 2.05) is 0 Å². The molecule has 0 saturated heterocycles. The van der Waals surface area contributed by atoms with Crippen molar-refractivity contribution in [2.45, 2.75) is 25.8 Å². The first-order valence-corrected chi connectivity index (χ1v) is 9.46. The average molecular weight is 460 g/mol. The van der Waals surface area contributed by atoms with Crippen molar-refractivity contribution in [3.05, 3.63) is 22.5 Å². The van der Waals surface area contributed by atoms with Crippen molar-refractivity contribution < 1.29 is 53.8 Å². The standard InChI is InChI=1S/C13H16F7N2O6P/c1-2-26-10-9(14)5-22(11(23)21-10)3-4-25-8-29(24,27-6-12(15,16)17)28-7-13(18,19)20/h5H,2-4,6-8H2,1H3. The molecule has 0 bridgehead atoms. The summed E-state index contributed by atoms with van der Waals surface area (Å²) < 4.78 is 117. The van der Waals surface area contributed by atoms with Crippen LogP contribution in [0.15, 0.2) is 11.0 Å². The molecule has 0 aliphatic rings. The van der Waals surface area contributed by atoms with Crippen LogP contribution < -0.4 is 10.4 Å². The third-order valence-electron chi connectivity index (χ3n) is 2.77. The van der Waals surface area contributed by atoms with E-state index in [0.29, 0.717) is 10.8 Å². The number of nitrogens with zero attached hydrogens (tertiary/aromatic N) is 2. The Labute approximate surface area is 159 Å². The Morgan fingerprint density at radius 1 is 1.10 bits per heavy atom. The summed E-state index contributed by atoms with van der Waals surface area (Å²) in [6.07, 6.45) is -10.5. The number of alkyl halides is 6. The molecule has 0 aliphatic heterocycles. The molecule has 1 rings (SSSR count). The van der Waals surface area contributed by atoms with Crippen LogP contribution in [0.2, 0.25) is 0 Å². The Balaban J connectivity index is 2.69. The molecular weight excluding hydrogens is 444 g/mol. The molecule has 29 heavy (non-hydrogen) atoms. The lowest BCUT2D eigenvalue weighted by molar-refractivity contribution is -0.166. The predicted octanol–water partition coefficient (Wildman–Crippen LogP) is 3.11. The molecule has 0 N–H and O–H groups in total. The summed E-state index contributed by atoms with van der Waals surface area (Å²) in [4.78, 5) is 15.0. The lowest BCUT2D eigenvalue weighted by Crippen LogP contribution is -2.26. The molecule has 8 nitrogen and oxygen atoms in total. The summed E-state index contributed by atoms with van der Waals surface area (Å²) in [7, 11) is -4.93. The van der Waals surface area contributed by atoms with Gasteiger partial charge in [0.2, 0.25) is 5.82 Å². The molecule has 0 spiro atoms. The zero-order valence-electron chi connectivity index (χ0n) is 14.8. The third kappa shape index (κ3) is 10.1. The van der Waals surface area contributed by atoms with Gasteiger partial charge in [-0.3, -0.25) is 18.2 Å². The molecule has 168 valence electrons. The van der Waals surface area contributed by atoms with Crippen LogP contribution in [0.5, 0.6) is 5.88 Å². The van der Waals surface area contributed by atoms with E-state index in [2.05, 4.69) is 14.0 Å². The first-order valence-electron chi connectivity index (χ1n) is 7.74. The number of ether oxygens (including phenoxy) is 2. The molecule has 0 atom stereocenters. The van der Waals surface area contributed by atoms with Gasteiger partial charge in [0.05, 0.1) is 26.0 Å². The second kappa shape index (κ2) is 10.4. The van der Waals surface area contributed by atoms with Crippen molar-refractivity contribution in [3.8, 4) is 5.88 Å². The van der Waals surface area contributed by atoms with Crippen LogP contribution in [0.3, 0.4) is 0 Å². The Bertz CT molecular complexity index is 745. The predicted molar refractivity (Wildman–Crippen MR) is 82.1 cm³/mol. The van der Waals surface area contributed by atoms with E-state index in [0.717, 1.165) is 0 Å². The van der Waals surface area contributed by atoms with E-state index >= 15 is 0 Å². The van der Waals surface area contributed by atoms with E-state index < -0.39 is 70.0 Å². The van der Waals surface area contributed by atoms with Crippen molar-refractivity contribution in [2.75, 3.05) is 32.8 Å². The SMILES string of the molecule is CCOc1nc(=O)n(CCOCP(=O)(OCC(F)(F)F)OCC(F)(F)F)cc1F.